The zero-order valence-electron chi connectivity index (χ0n) is 4.30. The van der Waals surface area contributed by atoms with Crippen molar-refractivity contribution in [2.45, 2.75) is 12.5 Å². The number of hydrogen-bond acceptors (Lipinski definition) is 2. The van der Waals surface area contributed by atoms with Crippen LogP contribution in [0.15, 0.2) is 12.7 Å². The van der Waals surface area contributed by atoms with Gasteiger partial charge in [-0.1, -0.05) is 6.08 Å². The molecule has 0 radical (unpaired) electrons. The Morgan fingerprint density at radius 1 is 1.86 bits per heavy atom. The average molecular weight is 101 g/mol. The molecule has 0 aromatic rings. The highest BCUT2D eigenvalue weighted by atomic mass is 16.3. The van der Waals surface area contributed by atoms with Crippen LogP contribution in [0.5, 0.6) is 0 Å². The number of rotatable bonds is 3. The molecule has 0 aliphatic heterocycles. The molecule has 0 aliphatic rings. The summed E-state index contributed by atoms with van der Waals surface area (Å²) < 4.78 is 0. The molecular weight excluding hydrogens is 90.1 g/mol. The van der Waals surface area contributed by atoms with Crippen molar-refractivity contribution in [2.24, 2.45) is 5.73 Å². The SMILES string of the molecule is C=CCC(N)CO. The Morgan fingerprint density at radius 3 is 2.57 bits per heavy atom. The third-order valence-electron chi connectivity index (χ3n) is 0.704. The summed E-state index contributed by atoms with van der Waals surface area (Å²) in [4.78, 5) is 0. The van der Waals surface area contributed by atoms with Gasteiger partial charge in [-0.15, -0.1) is 6.58 Å². The maximum absolute atomic E-state index is 8.29. The maximum atomic E-state index is 8.29. The smallest absolute Gasteiger partial charge is 0.0585 e. The largest absolute Gasteiger partial charge is 0.395 e. The van der Waals surface area contributed by atoms with Crippen LogP contribution in [-0.2, 0) is 0 Å². The van der Waals surface area contributed by atoms with Crippen LogP contribution in [0, 0.1) is 0 Å². The molecule has 0 amide bonds. The fraction of sp³-hybridized carbons (Fsp3) is 0.600. The van der Waals surface area contributed by atoms with Crippen LogP contribution in [0.2, 0.25) is 0 Å². The zero-order valence-corrected chi connectivity index (χ0v) is 4.30. The predicted octanol–water partition coefficient (Wildman–Crippen LogP) is -0.118. The summed E-state index contributed by atoms with van der Waals surface area (Å²) in [6.07, 6.45) is 2.39. The minimum absolute atomic E-state index is 0.0476. The molecule has 0 rings (SSSR count). The van der Waals surface area contributed by atoms with Gasteiger partial charge in [0.25, 0.3) is 0 Å². The Hall–Kier alpha value is -0.340. The molecule has 0 saturated carbocycles. The Balaban J connectivity index is 2.98. The van der Waals surface area contributed by atoms with Crippen LogP contribution >= 0.6 is 0 Å². The Kier molecular flexibility index (Phi) is 3.65. The third-order valence-corrected chi connectivity index (χ3v) is 0.704. The Labute approximate surface area is 43.6 Å². The number of nitrogens with two attached hydrogens (primary N) is 1. The lowest BCUT2D eigenvalue weighted by molar-refractivity contribution is 0.266. The van der Waals surface area contributed by atoms with E-state index in [1.54, 1.807) is 6.08 Å². The average Bonchev–Trinajstić information content (AvgIpc) is 1.68. The Morgan fingerprint density at radius 2 is 2.43 bits per heavy atom. The van der Waals surface area contributed by atoms with Gasteiger partial charge >= 0.3 is 0 Å². The molecule has 1 atom stereocenters. The lowest BCUT2D eigenvalue weighted by atomic mass is 10.2. The van der Waals surface area contributed by atoms with Crippen LogP contribution < -0.4 is 5.73 Å². The van der Waals surface area contributed by atoms with E-state index in [4.69, 9.17) is 10.8 Å². The molecule has 7 heavy (non-hydrogen) atoms. The normalized spacial score (nSPS) is 13.4. The number of hydrogen-bond donors (Lipinski definition) is 2. The van der Waals surface area contributed by atoms with E-state index in [1.807, 2.05) is 0 Å². The first-order valence-corrected chi connectivity index (χ1v) is 2.28. The number of aliphatic hydroxyl groups is 1. The molecule has 0 aromatic carbocycles. The summed E-state index contributed by atoms with van der Waals surface area (Å²) in [7, 11) is 0. The molecule has 42 valence electrons. The van der Waals surface area contributed by atoms with E-state index >= 15 is 0 Å². The lowest BCUT2D eigenvalue weighted by Gasteiger charge is -2.00. The quantitative estimate of drug-likeness (QED) is 0.487. The van der Waals surface area contributed by atoms with Gasteiger partial charge in [-0.25, -0.2) is 0 Å². The standard InChI is InChI=1S/C5H11NO/c1-2-3-5(6)4-7/h2,5,7H,1,3-4,6H2. The second-order valence-corrected chi connectivity index (χ2v) is 1.47. The van der Waals surface area contributed by atoms with Crippen molar-refractivity contribution in [3.05, 3.63) is 12.7 Å². The fourth-order valence-electron chi connectivity index (χ4n) is 0.289. The van der Waals surface area contributed by atoms with Crippen LogP contribution in [0.4, 0.5) is 0 Å². The van der Waals surface area contributed by atoms with Crippen molar-refractivity contribution < 1.29 is 5.11 Å². The maximum Gasteiger partial charge on any atom is 0.0585 e. The second-order valence-electron chi connectivity index (χ2n) is 1.47. The molecular formula is C5H11NO. The van der Waals surface area contributed by atoms with Gasteiger partial charge in [-0.3, -0.25) is 0 Å². The van der Waals surface area contributed by atoms with Crippen molar-refractivity contribution in [2.75, 3.05) is 6.61 Å². The van der Waals surface area contributed by atoms with Crippen LogP contribution in [0.3, 0.4) is 0 Å². The van der Waals surface area contributed by atoms with Crippen molar-refractivity contribution in [1.29, 1.82) is 0 Å². The summed E-state index contributed by atoms with van der Waals surface area (Å²) in [6.45, 7) is 3.51. The van der Waals surface area contributed by atoms with E-state index in [9.17, 15) is 0 Å². The summed E-state index contributed by atoms with van der Waals surface area (Å²) in [6, 6.07) is -0.113. The van der Waals surface area contributed by atoms with E-state index in [-0.39, 0.29) is 12.6 Å². The molecule has 0 heterocycles. The minimum atomic E-state index is -0.113. The highest BCUT2D eigenvalue weighted by molar-refractivity contribution is 4.73. The minimum Gasteiger partial charge on any atom is -0.395 e. The van der Waals surface area contributed by atoms with Gasteiger partial charge in [-0.2, -0.15) is 0 Å². The molecule has 2 heteroatoms. The van der Waals surface area contributed by atoms with Crippen molar-refractivity contribution in [3.63, 3.8) is 0 Å². The first-order chi connectivity index (χ1) is 3.31. The van der Waals surface area contributed by atoms with Gasteiger partial charge < -0.3 is 10.8 Å². The van der Waals surface area contributed by atoms with Crippen molar-refractivity contribution in [1.82, 2.24) is 0 Å². The van der Waals surface area contributed by atoms with Gasteiger partial charge in [0.05, 0.1) is 6.61 Å². The monoisotopic (exact) mass is 101 g/mol. The molecule has 1 unspecified atom stereocenters. The lowest BCUT2D eigenvalue weighted by Crippen LogP contribution is -2.22. The molecule has 3 N–H and O–H groups in total. The first kappa shape index (κ1) is 6.66. The summed E-state index contributed by atoms with van der Waals surface area (Å²) in [5, 5.41) is 8.29. The van der Waals surface area contributed by atoms with Gasteiger partial charge in [0.2, 0.25) is 0 Å². The van der Waals surface area contributed by atoms with Crippen molar-refractivity contribution in [3.8, 4) is 0 Å². The highest BCUT2D eigenvalue weighted by Crippen LogP contribution is 1.83. The van der Waals surface area contributed by atoms with E-state index in [2.05, 4.69) is 6.58 Å². The van der Waals surface area contributed by atoms with Crippen LogP contribution in [-0.4, -0.2) is 17.8 Å². The highest BCUT2D eigenvalue weighted by Gasteiger charge is 1.92. The van der Waals surface area contributed by atoms with E-state index < -0.39 is 0 Å². The summed E-state index contributed by atoms with van der Waals surface area (Å²) in [5.74, 6) is 0. The first-order valence-electron chi connectivity index (χ1n) is 2.28. The van der Waals surface area contributed by atoms with E-state index in [1.165, 1.54) is 0 Å². The van der Waals surface area contributed by atoms with Crippen LogP contribution in [0.25, 0.3) is 0 Å². The van der Waals surface area contributed by atoms with Gasteiger partial charge in [0.15, 0.2) is 0 Å². The molecule has 0 bridgehead atoms. The zero-order chi connectivity index (χ0) is 5.70. The second kappa shape index (κ2) is 3.84. The molecule has 2 nitrogen and oxygen atoms in total. The van der Waals surface area contributed by atoms with Gasteiger partial charge in [0.1, 0.15) is 0 Å². The fourth-order valence-corrected chi connectivity index (χ4v) is 0.289. The molecule has 0 spiro atoms. The molecule has 0 fully saturated rings. The van der Waals surface area contributed by atoms with Gasteiger partial charge in [0, 0.05) is 6.04 Å². The molecule has 0 saturated heterocycles. The Bertz CT molecular complexity index is 54.0. The van der Waals surface area contributed by atoms with Crippen LogP contribution in [0.1, 0.15) is 6.42 Å². The summed E-state index contributed by atoms with van der Waals surface area (Å²) >= 11 is 0. The predicted molar refractivity (Wildman–Crippen MR) is 29.9 cm³/mol. The van der Waals surface area contributed by atoms with Gasteiger partial charge in [-0.05, 0) is 6.42 Å². The molecule has 0 aliphatic carbocycles. The topological polar surface area (TPSA) is 46.2 Å². The molecule has 0 aromatic heterocycles. The van der Waals surface area contributed by atoms with E-state index in [0.717, 1.165) is 0 Å². The number of aliphatic hydroxyl groups excluding tert-OH is 1. The summed E-state index contributed by atoms with van der Waals surface area (Å²) in [5.41, 5.74) is 5.26. The third kappa shape index (κ3) is 3.49. The van der Waals surface area contributed by atoms with E-state index in [0.29, 0.717) is 6.42 Å². The van der Waals surface area contributed by atoms with Crippen molar-refractivity contribution >= 4 is 0 Å².